The summed E-state index contributed by atoms with van der Waals surface area (Å²) in [5.41, 5.74) is -0.360. The van der Waals surface area contributed by atoms with Gasteiger partial charge in [-0.25, -0.2) is 9.59 Å². The van der Waals surface area contributed by atoms with Gasteiger partial charge in [-0.2, -0.15) is 0 Å². The van der Waals surface area contributed by atoms with Gasteiger partial charge in [-0.05, 0) is 20.8 Å². The van der Waals surface area contributed by atoms with Crippen LogP contribution >= 0.6 is 0 Å². The van der Waals surface area contributed by atoms with E-state index in [-0.39, 0.29) is 17.9 Å². The van der Waals surface area contributed by atoms with Gasteiger partial charge in [-0.1, -0.05) is 0 Å². The Morgan fingerprint density at radius 1 is 1.32 bits per heavy atom. The van der Waals surface area contributed by atoms with Gasteiger partial charge in [-0.3, -0.25) is 4.79 Å². The first-order valence-corrected chi connectivity index (χ1v) is 5.96. The Morgan fingerprint density at radius 2 is 1.89 bits per heavy atom. The third-order valence-corrected chi connectivity index (χ3v) is 2.53. The van der Waals surface area contributed by atoms with Crippen molar-refractivity contribution in [2.24, 2.45) is 0 Å². The predicted octanol–water partition coefficient (Wildman–Crippen LogP) is 1.01. The molecule has 1 unspecified atom stereocenters. The number of hydrogen-bond acceptors (Lipinski definition) is 5. The number of carbonyl (C=O) groups excluding carboxylic acids is 3. The second-order valence-corrected chi connectivity index (χ2v) is 5.33. The number of carbonyl (C=O) groups is 3. The molecule has 106 valence electrons. The maximum Gasteiger partial charge on any atom is 0.335 e. The Bertz CT molecular complexity index is 433. The van der Waals surface area contributed by atoms with E-state index in [9.17, 15) is 14.4 Å². The minimum Gasteiger partial charge on any atom is -0.466 e. The van der Waals surface area contributed by atoms with Gasteiger partial charge in [0.15, 0.2) is 0 Å². The van der Waals surface area contributed by atoms with Gasteiger partial charge < -0.3 is 14.4 Å². The molecule has 0 aromatic carbocycles. The molecule has 0 saturated carbocycles. The smallest absolute Gasteiger partial charge is 0.335 e. The summed E-state index contributed by atoms with van der Waals surface area (Å²) in [4.78, 5) is 36.2. The third-order valence-electron chi connectivity index (χ3n) is 2.53. The molecule has 0 fully saturated rings. The summed E-state index contributed by atoms with van der Waals surface area (Å²) < 4.78 is 9.84. The maximum absolute atomic E-state index is 12.0. The fourth-order valence-electron chi connectivity index (χ4n) is 1.76. The van der Waals surface area contributed by atoms with Gasteiger partial charge in [0.2, 0.25) is 5.91 Å². The van der Waals surface area contributed by atoms with E-state index in [0.717, 1.165) is 0 Å². The van der Waals surface area contributed by atoms with Crippen molar-refractivity contribution in [3.8, 4) is 0 Å². The largest absolute Gasteiger partial charge is 0.466 e. The van der Waals surface area contributed by atoms with Crippen LogP contribution in [0.25, 0.3) is 0 Å². The molecule has 0 N–H and O–H groups in total. The van der Waals surface area contributed by atoms with E-state index in [0.29, 0.717) is 0 Å². The second kappa shape index (κ2) is 5.42. The SMILES string of the molecule is COC(=O)C1=CN(C(C)=O)C(C(=O)OC(C)(C)C)C1. The molecule has 0 aliphatic carbocycles. The van der Waals surface area contributed by atoms with E-state index >= 15 is 0 Å². The van der Waals surface area contributed by atoms with Crippen LogP contribution in [-0.2, 0) is 23.9 Å². The van der Waals surface area contributed by atoms with Crippen LogP contribution in [0.15, 0.2) is 11.8 Å². The summed E-state index contributed by atoms with van der Waals surface area (Å²) in [6, 6.07) is -0.800. The molecule has 1 heterocycles. The van der Waals surface area contributed by atoms with Crippen LogP contribution in [0.4, 0.5) is 0 Å². The third kappa shape index (κ3) is 3.81. The number of amides is 1. The van der Waals surface area contributed by atoms with E-state index in [1.165, 1.54) is 25.1 Å². The first-order valence-electron chi connectivity index (χ1n) is 5.96. The quantitative estimate of drug-likeness (QED) is 0.699. The van der Waals surface area contributed by atoms with E-state index < -0.39 is 23.6 Å². The average Bonchev–Trinajstić information content (AvgIpc) is 2.70. The Balaban J connectivity index is 2.88. The molecule has 1 rings (SSSR count). The molecular weight excluding hydrogens is 250 g/mol. The highest BCUT2D eigenvalue weighted by Crippen LogP contribution is 2.25. The number of ether oxygens (including phenoxy) is 2. The molecule has 1 amide bonds. The zero-order chi connectivity index (χ0) is 14.8. The van der Waals surface area contributed by atoms with Crippen molar-refractivity contribution < 1.29 is 23.9 Å². The molecule has 1 aliphatic heterocycles. The number of nitrogens with zero attached hydrogens (tertiary/aromatic N) is 1. The zero-order valence-corrected chi connectivity index (χ0v) is 11.9. The number of methoxy groups -OCH3 is 1. The van der Waals surface area contributed by atoms with Crippen molar-refractivity contribution >= 4 is 17.8 Å². The van der Waals surface area contributed by atoms with Gasteiger partial charge in [-0.15, -0.1) is 0 Å². The summed E-state index contributed by atoms with van der Waals surface area (Å²) in [7, 11) is 1.25. The second-order valence-electron chi connectivity index (χ2n) is 5.33. The van der Waals surface area contributed by atoms with E-state index in [1.807, 2.05) is 0 Å². The van der Waals surface area contributed by atoms with Gasteiger partial charge >= 0.3 is 11.9 Å². The monoisotopic (exact) mass is 269 g/mol. The molecule has 1 atom stereocenters. The minimum absolute atomic E-state index is 0.112. The molecule has 19 heavy (non-hydrogen) atoms. The molecule has 0 radical (unpaired) electrons. The highest BCUT2D eigenvalue weighted by Gasteiger charge is 2.38. The van der Waals surface area contributed by atoms with Gasteiger partial charge in [0.1, 0.15) is 11.6 Å². The van der Waals surface area contributed by atoms with Crippen LogP contribution < -0.4 is 0 Å². The Hall–Kier alpha value is -1.85. The average molecular weight is 269 g/mol. The fourth-order valence-corrected chi connectivity index (χ4v) is 1.76. The number of esters is 2. The lowest BCUT2D eigenvalue weighted by molar-refractivity contribution is -0.162. The van der Waals surface area contributed by atoms with Crippen LogP contribution in [0.5, 0.6) is 0 Å². The normalized spacial score (nSPS) is 18.9. The molecular formula is C13H19NO5. The van der Waals surface area contributed by atoms with Crippen molar-refractivity contribution in [3.05, 3.63) is 11.8 Å². The Kier molecular flexibility index (Phi) is 4.34. The summed E-state index contributed by atoms with van der Waals surface area (Å²) >= 11 is 0. The Morgan fingerprint density at radius 3 is 2.32 bits per heavy atom. The minimum atomic E-state index is -0.800. The van der Waals surface area contributed by atoms with Gasteiger partial charge in [0.05, 0.1) is 12.7 Å². The maximum atomic E-state index is 12.0. The fraction of sp³-hybridized carbons (Fsp3) is 0.615. The number of hydrogen-bond donors (Lipinski definition) is 0. The molecule has 0 spiro atoms. The lowest BCUT2D eigenvalue weighted by Gasteiger charge is -2.26. The first-order chi connectivity index (χ1) is 8.65. The van der Waals surface area contributed by atoms with Crippen molar-refractivity contribution in [3.63, 3.8) is 0 Å². The van der Waals surface area contributed by atoms with Crippen LogP contribution in [0.3, 0.4) is 0 Å². The predicted molar refractivity (Wildman–Crippen MR) is 66.9 cm³/mol. The van der Waals surface area contributed by atoms with Crippen molar-refractivity contribution in [1.82, 2.24) is 4.90 Å². The summed E-state index contributed by atoms with van der Waals surface area (Å²) in [5, 5.41) is 0. The van der Waals surface area contributed by atoms with Crippen LogP contribution in [0, 0.1) is 0 Å². The lowest BCUT2D eigenvalue weighted by atomic mass is 10.1. The van der Waals surface area contributed by atoms with Crippen LogP contribution in [0.1, 0.15) is 34.1 Å². The van der Waals surface area contributed by atoms with E-state index in [2.05, 4.69) is 4.74 Å². The molecule has 0 aromatic heterocycles. The lowest BCUT2D eigenvalue weighted by Crippen LogP contribution is -2.41. The summed E-state index contributed by atoms with van der Waals surface area (Å²) in [6.45, 7) is 6.56. The molecule has 6 heteroatoms. The van der Waals surface area contributed by atoms with Crippen molar-refractivity contribution in [1.29, 1.82) is 0 Å². The topological polar surface area (TPSA) is 72.9 Å². The molecule has 1 aliphatic rings. The standard InChI is InChI=1S/C13H19NO5/c1-8(15)14-7-9(11(16)18-5)6-10(14)12(17)19-13(2,3)4/h7,10H,6H2,1-5H3. The highest BCUT2D eigenvalue weighted by molar-refractivity contribution is 5.94. The van der Waals surface area contributed by atoms with Gasteiger partial charge in [0, 0.05) is 19.5 Å². The van der Waals surface area contributed by atoms with E-state index in [1.54, 1.807) is 20.8 Å². The van der Waals surface area contributed by atoms with E-state index in [4.69, 9.17) is 4.74 Å². The number of rotatable bonds is 2. The molecule has 0 saturated heterocycles. The Labute approximate surface area is 112 Å². The van der Waals surface area contributed by atoms with Crippen LogP contribution in [0.2, 0.25) is 0 Å². The van der Waals surface area contributed by atoms with Crippen molar-refractivity contribution in [2.75, 3.05) is 7.11 Å². The molecule has 0 aromatic rings. The highest BCUT2D eigenvalue weighted by atomic mass is 16.6. The molecule has 0 bridgehead atoms. The molecule has 6 nitrogen and oxygen atoms in total. The van der Waals surface area contributed by atoms with Gasteiger partial charge in [0.25, 0.3) is 0 Å². The summed E-state index contributed by atoms with van der Waals surface area (Å²) in [5.74, 6) is -1.40. The summed E-state index contributed by atoms with van der Waals surface area (Å²) in [6.07, 6.45) is 1.46. The van der Waals surface area contributed by atoms with Crippen molar-refractivity contribution in [2.45, 2.75) is 45.8 Å². The first kappa shape index (κ1) is 15.2. The van der Waals surface area contributed by atoms with Crippen LogP contribution in [-0.4, -0.2) is 41.5 Å². The zero-order valence-electron chi connectivity index (χ0n) is 11.9.